The highest BCUT2D eigenvalue weighted by molar-refractivity contribution is 6.76. The molecule has 50 heavy (non-hydrogen) atoms. The van der Waals surface area contributed by atoms with Crippen LogP contribution in [0.5, 0.6) is 11.5 Å². The molecule has 0 radical (unpaired) electrons. The third-order valence-corrected chi connectivity index (χ3v) is 11.0. The molecule has 0 amide bonds. The lowest BCUT2D eigenvalue weighted by Gasteiger charge is -2.26. The van der Waals surface area contributed by atoms with E-state index in [1.807, 2.05) is 6.92 Å². The molecule has 0 aliphatic carbocycles. The van der Waals surface area contributed by atoms with E-state index in [4.69, 9.17) is 23.7 Å². The lowest BCUT2D eigenvalue weighted by molar-refractivity contribution is -0.143. The summed E-state index contributed by atoms with van der Waals surface area (Å²) in [6, 6.07) is 3.28. The molecule has 1 aromatic rings. The zero-order valence-corrected chi connectivity index (χ0v) is 34.4. The maximum atomic E-state index is 11.6. The van der Waals surface area contributed by atoms with Crippen molar-refractivity contribution in [3.8, 4) is 11.5 Å². The van der Waals surface area contributed by atoms with E-state index in [2.05, 4.69) is 91.6 Å². The second-order valence-corrected chi connectivity index (χ2v) is 21.0. The van der Waals surface area contributed by atoms with Crippen LogP contribution in [0.15, 0.2) is 52.7 Å². The van der Waals surface area contributed by atoms with Crippen LogP contribution in [0.3, 0.4) is 0 Å². The van der Waals surface area contributed by atoms with Crippen molar-refractivity contribution in [2.24, 2.45) is 0 Å². The fourth-order valence-electron chi connectivity index (χ4n) is 5.75. The van der Waals surface area contributed by atoms with Gasteiger partial charge in [0.2, 0.25) is 0 Å². The fraction of sp³-hybridized carbons (Fsp3) is 0.651. The molecule has 1 heterocycles. The summed E-state index contributed by atoms with van der Waals surface area (Å²) in [6.07, 6.45) is 20.7. The van der Waals surface area contributed by atoms with E-state index < -0.39 is 8.07 Å². The highest BCUT2D eigenvalue weighted by atomic mass is 28.3. The predicted molar refractivity (Wildman–Crippen MR) is 212 cm³/mol. The first kappa shape index (κ1) is 43.6. The van der Waals surface area contributed by atoms with Gasteiger partial charge in [-0.15, -0.1) is 0 Å². The number of hydrogen-bond donors (Lipinski definition) is 0. The van der Waals surface area contributed by atoms with Crippen molar-refractivity contribution < 1.29 is 28.5 Å². The Morgan fingerprint density at radius 1 is 0.840 bits per heavy atom. The Morgan fingerprint density at radius 2 is 1.44 bits per heavy atom. The summed E-state index contributed by atoms with van der Waals surface area (Å²) in [4.78, 5) is 11.6. The van der Waals surface area contributed by atoms with Crippen LogP contribution in [0.2, 0.25) is 25.7 Å². The Hall–Kier alpha value is -2.61. The van der Waals surface area contributed by atoms with Crippen molar-refractivity contribution in [2.75, 3.05) is 26.6 Å². The molecule has 0 spiro atoms. The molecule has 0 N–H and O–H groups in total. The summed E-state index contributed by atoms with van der Waals surface area (Å²) in [5.74, 6) is 1.70. The van der Waals surface area contributed by atoms with E-state index in [0.717, 1.165) is 118 Å². The van der Waals surface area contributed by atoms with Gasteiger partial charge in [-0.2, -0.15) is 0 Å². The van der Waals surface area contributed by atoms with Crippen molar-refractivity contribution in [3.63, 3.8) is 0 Å². The molecule has 0 bridgehead atoms. The highest BCUT2D eigenvalue weighted by Gasteiger charge is 2.20. The fourth-order valence-corrected chi connectivity index (χ4v) is 6.51. The smallest absolute Gasteiger partial charge is 0.306 e. The van der Waals surface area contributed by atoms with Crippen LogP contribution in [0.4, 0.5) is 0 Å². The zero-order valence-electron chi connectivity index (χ0n) is 33.4. The minimum atomic E-state index is -1.15. The Balaban J connectivity index is 1.92. The largest absolute Gasteiger partial charge is 0.467 e. The first-order chi connectivity index (χ1) is 23.8. The molecular weight excluding hydrogens is 641 g/mol. The summed E-state index contributed by atoms with van der Waals surface area (Å²) < 4.78 is 29.5. The molecule has 0 aromatic heterocycles. The number of esters is 1. The van der Waals surface area contributed by atoms with E-state index in [0.29, 0.717) is 13.0 Å². The second kappa shape index (κ2) is 23.8. The topological polar surface area (TPSA) is 63.2 Å². The Labute approximate surface area is 306 Å². The van der Waals surface area contributed by atoms with Crippen LogP contribution >= 0.6 is 0 Å². The molecule has 1 fully saturated rings. The van der Waals surface area contributed by atoms with E-state index in [9.17, 15) is 4.79 Å². The van der Waals surface area contributed by atoms with Crippen LogP contribution in [0.25, 0.3) is 0 Å². The average Bonchev–Trinajstić information content (AvgIpc) is 3.06. The first-order valence-corrected chi connectivity index (χ1v) is 22.9. The number of benzene rings is 1. The molecule has 1 aliphatic heterocycles. The minimum absolute atomic E-state index is 0.109. The van der Waals surface area contributed by atoms with Gasteiger partial charge in [0.15, 0.2) is 13.1 Å². The predicted octanol–water partition coefficient (Wildman–Crippen LogP) is 11.9. The third-order valence-electron chi connectivity index (χ3n) is 9.34. The summed E-state index contributed by atoms with van der Waals surface area (Å²) in [6.45, 7) is 24.2. The van der Waals surface area contributed by atoms with Crippen molar-refractivity contribution in [1.29, 1.82) is 0 Å². The van der Waals surface area contributed by atoms with Gasteiger partial charge in [0.1, 0.15) is 11.5 Å². The Morgan fingerprint density at radius 3 is 2.00 bits per heavy atom. The number of rotatable bonds is 23. The Bertz CT molecular complexity index is 1290. The molecule has 1 unspecified atom stereocenters. The lowest BCUT2D eigenvalue weighted by atomic mass is 9.99. The normalized spacial score (nSPS) is 16.5. The van der Waals surface area contributed by atoms with Crippen LogP contribution in [0.1, 0.15) is 122 Å². The van der Waals surface area contributed by atoms with Crippen molar-refractivity contribution >= 4 is 14.0 Å². The first-order valence-electron chi connectivity index (χ1n) is 19.2. The average molecular weight is 711 g/mol. The summed E-state index contributed by atoms with van der Waals surface area (Å²) >= 11 is 0. The van der Waals surface area contributed by atoms with Crippen LogP contribution in [-0.4, -0.2) is 46.9 Å². The Kier molecular flexibility index (Phi) is 20.7. The highest BCUT2D eigenvalue weighted by Crippen LogP contribution is 2.36. The summed E-state index contributed by atoms with van der Waals surface area (Å²) in [5, 5.41) is 0. The van der Waals surface area contributed by atoms with E-state index >= 15 is 0 Å². The molecule has 6 nitrogen and oxygen atoms in total. The number of ether oxygens (including phenoxy) is 5. The molecule has 1 atom stereocenters. The van der Waals surface area contributed by atoms with Crippen molar-refractivity contribution in [2.45, 2.75) is 157 Å². The molecule has 2 rings (SSSR count). The van der Waals surface area contributed by atoms with Gasteiger partial charge < -0.3 is 23.7 Å². The van der Waals surface area contributed by atoms with Crippen LogP contribution < -0.4 is 9.47 Å². The van der Waals surface area contributed by atoms with Gasteiger partial charge in [-0.25, -0.2) is 0 Å². The van der Waals surface area contributed by atoms with Gasteiger partial charge in [0.25, 0.3) is 0 Å². The number of carbonyl (C=O) groups excluding carboxylic acids is 1. The maximum Gasteiger partial charge on any atom is 0.306 e. The van der Waals surface area contributed by atoms with Gasteiger partial charge in [-0.3, -0.25) is 4.79 Å². The van der Waals surface area contributed by atoms with Gasteiger partial charge in [0.05, 0.1) is 13.2 Å². The standard InChI is InChI=1S/C43H70O6Si/c1-11-46-41(44)27-25-36(5)22-16-20-34(3)18-14-17-33(2)19-15-21-35(4)24-26-39-31-40(49-42-23-12-13-28-47-42)37(6)38(7)43(39)48-32-45-29-30-50(8,9)10/h18-19,22,24,31,42H,11-17,20-21,23,25-30,32H2,1-10H3/b33-19+,34-18+,35-24?,36-22+. The van der Waals surface area contributed by atoms with E-state index in [-0.39, 0.29) is 19.1 Å². The molecule has 282 valence electrons. The lowest BCUT2D eigenvalue weighted by Crippen LogP contribution is -2.25. The minimum Gasteiger partial charge on any atom is -0.467 e. The second-order valence-electron chi connectivity index (χ2n) is 15.3. The number of hydrogen-bond acceptors (Lipinski definition) is 6. The van der Waals surface area contributed by atoms with Gasteiger partial charge in [-0.1, -0.05) is 66.2 Å². The maximum absolute atomic E-state index is 11.6. The number of allylic oxidation sites excluding steroid dienone is 8. The van der Waals surface area contributed by atoms with E-state index in [1.54, 1.807) is 0 Å². The van der Waals surface area contributed by atoms with Gasteiger partial charge >= 0.3 is 5.97 Å². The zero-order chi connectivity index (χ0) is 36.9. The third kappa shape index (κ3) is 18.6. The van der Waals surface area contributed by atoms with Crippen molar-refractivity contribution in [1.82, 2.24) is 0 Å². The van der Waals surface area contributed by atoms with Crippen LogP contribution in [-0.2, 0) is 25.4 Å². The number of carbonyl (C=O) groups is 1. The van der Waals surface area contributed by atoms with Crippen LogP contribution in [0, 0.1) is 13.8 Å². The van der Waals surface area contributed by atoms with Gasteiger partial charge in [0, 0.05) is 33.1 Å². The van der Waals surface area contributed by atoms with Crippen molar-refractivity contribution in [3.05, 3.63) is 69.4 Å². The SMILES string of the molecule is CCOC(=O)CC/C(C)=C/CC/C(C)=C/CC/C(C)=C/CCC(C)=CCc1cc(OC2CCCCO2)c(C)c(C)c1OCOCC[Si](C)(C)C. The molecule has 1 aromatic carbocycles. The molecule has 7 heteroatoms. The summed E-state index contributed by atoms with van der Waals surface area (Å²) in [7, 11) is -1.15. The molecular formula is C43H70O6Si. The quantitative estimate of drug-likeness (QED) is 0.0370. The molecule has 1 aliphatic rings. The molecule has 0 saturated carbocycles. The van der Waals surface area contributed by atoms with E-state index in [1.165, 1.54) is 22.3 Å². The van der Waals surface area contributed by atoms with Gasteiger partial charge in [-0.05, 0) is 136 Å². The summed E-state index contributed by atoms with van der Waals surface area (Å²) in [5.41, 5.74) is 8.85. The molecule has 1 saturated heterocycles. The monoisotopic (exact) mass is 710 g/mol.